The Labute approximate surface area is 104 Å². The first-order valence-electron chi connectivity index (χ1n) is 4.95. The van der Waals surface area contributed by atoms with Crippen molar-refractivity contribution in [1.29, 1.82) is 0 Å². The molecule has 1 heterocycles. The molecule has 0 aliphatic carbocycles. The molecule has 16 heavy (non-hydrogen) atoms. The number of nitrogens with zero attached hydrogens (tertiary/aromatic N) is 2. The van der Waals surface area contributed by atoms with E-state index in [1.807, 2.05) is 6.92 Å². The molecule has 6 heteroatoms. The quantitative estimate of drug-likeness (QED) is 0.629. The predicted molar refractivity (Wildman–Crippen MR) is 64.8 cm³/mol. The Morgan fingerprint density at radius 1 is 1.56 bits per heavy atom. The van der Waals surface area contributed by atoms with E-state index < -0.39 is 0 Å². The molecule has 1 aromatic rings. The summed E-state index contributed by atoms with van der Waals surface area (Å²) < 4.78 is 4.96. The highest BCUT2D eigenvalue weighted by Crippen LogP contribution is 2.25. The molecule has 1 rings (SSSR count). The lowest BCUT2D eigenvalue weighted by Crippen LogP contribution is -2.03. The van der Waals surface area contributed by atoms with Gasteiger partial charge in [0.15, 0.2) is 5.82 Å². The fourth-order valence-electron chi connectivity index (χ4n) is 1.14. The molecule has 0 spiro atoms. The van der Waals surface area contributed by atoms with Gasteiger partial charge in [0.25, 0.3) is 0 Å². The van der Waals surface area contributed by atoms with Crippen molar-refractivity contribution in [3.8, 4) is 0 Å². The minimum atomic E-state index is 0.178. The van der Waals surface area contributed by atoms with Crippen LogP contribution in [0.3, 0.4) is 0 Å². The van der Waals surface area contributed by atoms with Crippen LogP contribution in [0.1, 0.15) is 19.2 Å². The Bertz CT molecular complexity index is 339. The molecule has 1 unspecified atom stereocenters. The number of aliphatic hydroxyl groups is 1. The van der Waals surface area contributed by atoms with E-state index in [1.165, 1.54) is 0 Å². The molecule has 0 bridgehead atoms. The second-order valence-electron chi connectivity index (χ2n) is 3.32. The van der Waals surface area contributed by atoms with Crippen molar-refractivity contribution in [1.82, 2.24) is 9.97 Å². The van der Waals surface area contributed by atoms with Crippen LogP contribution in [0.25, 0.3) is 0 Å². The van der Waals surface area contributed by atoms with Crippen molar-refractivity contribution in [2.75, 3.05) is 13.7 Å². The molecule has 0 saturated heterocycles. The van der Waals surface area contributed by atoms with E-state index in [0.29, 0.717) is 22.8 Å². The summed E-state index contributed by atoms with van der Waals surface area (Å²) in [5, 5.41) is 10.3. The van der Waals surface area contributed by atoms with E-state index in [-0.39, 0.29) is 6.61 Å². The SMILES string of the molecule is COCc1nc(Cl)cc(SC(C)CCO)n1. The topological polar surface area (TPSA) is 55.2 Å². The van der Waals surface area contributed by atoms with Gasteiger partial charge in [0.05, 0.1) is 0 Å². The largest absolute Gasteiger partial charge is 0.396 e. The summed E-state index contributed by atoms with van der Waals surface area (Å²) in [4.78, 5) is 8.35. The Hall–Kier alpha value is -0.360. The van der Waals surface area contributed by atoms with Crippen LogP contribution < -0.4 is 0 Å². The standard InChI is InChI=1S/C10H15ClN2O2S/c1-7(3-4-14)16-10-5-8(11)12-9(13-10)6-15-2/h5,7,14H,3-4,6H2,1-2H3. The maximum absolute atomic E-state index is 8.82. The molecular weight excluding hydrogens is 248 g/mol. The molecule has 90 valence electrons. The van der Waals surface area contributed by atoms with Gasteiger partial charge >= 0.3 is 0 Å². The van der Waals surface area contributed by atoms with Crippen LogP contribution >= 0.6 is 23.4 Å². The van der Waals surface area contributed by atoms with Gasteiger partial charge in [-0.05, 0) is 6.42 Å². The zero-order valence-corrected chi connectivity index (χ0v) is 10.9. The van der Waals surface area contributed by atoms with Crippen LogP contribution in [-0.4, -0.2) is 34.0 Å². The number of aliphatic hydroxyl groups excluding tert-OH is 1. The fraction of sp³-hybridized carbons (Fsp3) is 0.600. The van der Waals surface area contributed by atoms with Gasteiger partial charge in [0.2, 0.25) is 0 Å². The Morgan fingerprint density at radius 2 is 2.31 bits per heavy atom. The van der Waals surface area contributed by atoms with Gasteiger partial charge in [0, 0.05) is 25.0 Å². The van der Waals surface area contributed by atoms with Crippen molar-refractivity contribution in [2.45, 2.75) is 30.2 Å². The van der Waals surface area contributed by atoms with Crippen LogP contribution in [-0.2, 0) is 11.3 Å². The smallest absolute Gasteiger partial charge is 0.156 e. The van der Waals surface area contributed by atoms with Crippen molar-refractivity contribution in [3.63, 3.8) is 0 Å². The van der Waals surface area contributed by atoms with Gasteiger partial charge in [-0.3, -0.25) is 0 Å². The number of ether oxygens (including phenoxy) is 1. The molecule has 0 aliphatic heterocycles. The van der Waals surface area contributed by atoms with Crippen LogP contribution in [0.4, 0.5) is 0 Å². The predicted octanol–water partition coefficient (Wildman–Crippen LogP) is 2.14. The van der Waals surface area contributed by atoms with Gasteiger partial charge < -0.3 is 9.84 Å². The summed E-state index contributed by atoms with van der Waals surface area (Å²) in [6.07, 6.45) is 0.728. The first-order valence-corrected chi connectivity index (χ1v) is 6.21. The Morgan fingerprint density at radius 3 is 2.94 bits per heavy atom. The molecule has 0 aromatic carbocycles. The zero-order valence-electron chi connectivity index (χ0n) is 9.31. The molecule has 0 radical (unpaired) electrons. The van der Waals surface area contributed by atoms with Crippen LogP contribution in [0.5, 0.6) is 0 Å². The zero-order chi connectivity index (χ0) is 12.0. The number of aromatic nitrogens is 2. The lowest BCUT2D eigenvalue weighted by Gasteiger charge is -2.09. The van der Waals surface area contributed by atoms with Gasteiger partial charge in [-0.15, -0.1) is 11.8 Å². The van der Waals surface area contributed by atoms with Crippen molar-refractivity contribution < 1.29 is 9.84 Å². The van der Waals surface area contributed by atoms with Gasteiger partial charge in [-0.25, -0.2) is 9.97 Å². The monoisotopic (exact) mass is 262 g/mol. The Balaban J connectivity index is 2.71. The summed E-state index contributed by atoms with van der Waals surface area (Å²) >= 11 is 7.45. The molecule has 1 atom stereocenters. The van der Waals surface area contributed by atoms with Gasteiger partial charge in [-0.2, -0.15) is 0 Å². The summed E-state index contributed by atoms with van der Waals surface area (Å²) in [5.74, 6) is 0.577. The summed E-state index contributed by atoms with van der Waals surface area (Å²) in [6.45, 7) is 2.56. The van der Waals surface area contributed by atoms with E-state index in [1.54, 1.807) is 24.9 Å². The molecule has 1 N–H and O–H groups in total. The maximum Gasteiger partial charge on any atom is 0.156 e. The molecular formula is C10H15ClN2O2S. The normalized spacial score (nSPS) is 12.8. The number of methoxy groups -OCH3 is 1. The van der Waals surface area contributed by atoms with E-state index in [0.717, 1.165) is 11.4 Å². The third kappa shape index (κ3) is 4.65. The van der Waals surface area contributed by atoms with Crippen LogP contribution in [0.15, 0.2) is 11.1 Å². The number of rotatable bonds is 6. The van der Waals surface area contributed by atoms with Crippen molar-refractivity contribution in [3.05, 3.63) is 17.0 Å². The number of halogens is 1. The molecule has 0 saturated carbocycles. The lowest BCUT2D eigenvalue weighted by atomic mass is 10.3. The number of hydrogen-bond donors (Lipinski definition) is 1. The van der Waals surface area contributed by atoms with Crippen LogP contribution in [0.2, 0.25) is 5.15 Å². The number of hydrogen-bond acceptors (Lipinski definition) is 5. The summed E-state index contributed by atoms with van der Waals surface area (Å²) in [5.41, 5.74) is 0. The first kappa shape index (κ1) is 13.7. The van der Waals surface area contributed by atoms with Crippen LogP contribution in [0, 0.1) is 0 Å². The average molecular weight is 263 g/mol. The lowest BCUT2D eigenvalue weighted by molar-refractivity contribution is 0.177. The van der Waals surface area contributed by atoms with Gasteiger partial charge in [0.1, 0.15) is 16.8 Å². The minimum absolute atomic E-state index is 0.178. The highest BCUT2D eigenvalue weighted by atomic mass is 35.5. The number of thioether (sulfide) groups is 1. The summed E-state index contributed by atoms with van der Waals surface area (Å²) in [7, 11) is 1.59. The van der Waals surface area contributed by atoms with Gasteiger partial charge in [-0.1, -0.05) is 18.5 Å². The van der Waals surface area contributed by atoms with Crippen molar-refractivity contribution >= 4 is 23.4 Å². The van der Waals surface area contributed by atoms with E-state index in [2.05, 4.69) is 9.97 Å². The van der Waals surface area contributed by atoms with E-state index in [4.69, 9.17) is 21.4 Å². The highest BCUT2D eigenvalue weighted by molar-refractivity contribution is 7.99. The molecule has 0 aliphatic rings. The average Bonchev–Trinajstić information content (AvgIpc) is 2.17. The minimum Gasteiger partial charge on any atom is -0.396 e. The maximum atomic E-state index is 8.82. The second-order valence-corrected chi connectivity index (χ2v) is 5.16. The van der Waals surface area contributed by atoms with E-state index >= 15 is 0 Å². The molecule has 1 aromatic heterocycles. The van der Waals surface area contributed by atoms with Crippen molar-refractivity contribution in [2.24, 2.45) is 0 Å². The summed E-state index contributed by atoms with van der Waals surface area (Å²) in [6, 6.07) is 1.72. The first-order chi connectivity index (χ1) is 7.65. The fourth-order valence-corrected chi connectivity index (χ4v) is 2.38. The molecule has 4 nitrogen and oxygen atoms in total. The second kappa shape index (κ2) is 7.06. The molecule has 0 amide bonds. The van der Waals surface area contributed by atoms with E-state index in [9.17, 15) is 0 Å². The highest BCUT2D eigenvalue weighted by Gasteiger charge is 2.08. The third-order valence-corrected chi connectivity index (χ3v) is 3.13. The third-order valence-electron chi connectivity index (χ3n) is 1.85. The Kier molecular flexibility index (Phi) is 6.05. The molecule has 0 fully saturated rings.